The minimum absolute atomic E-state index is 0.0469. The highest BCUT2D eigenvalue weighted by atomic mass is 16.7. The van der Waals surface area contributed by atoms with E-state index >= 15 is 0 Å². The molecule has 2 atom stereocenters. The number of methoxy groups -OCH3 is 1. The highest BCUT2D eigenvalue weighted by Crippen LogP contribution is 2.56. The number of hydrogen-bond donors (Lipinski definition) is 0. The molecule has 1 aromatic carbocycles. The first-order valence-corrected chi connectivity index (χ1v) is 6.69. The summed E-state index contributed by atoms with van der Waals surface area (Å²) in [6.45, 7) is 2.22. The first-order valence-electron chi connectivity index (χ1n) is 6.69. The minimum Gasteiger partial charge on any atom is -0.497 e. The van der Waals surface area contributed by atoms with E-state index in [0.717, 1.165) is 29.9 Å². The van der Waals surface area contributed by atoms with Crippen molar-refractivity contribution in [3.05, 3.63) is 29.8 Å². The molecule has 0 radical (unpaired) electrons. The number of oxime groups is 1. The van der Waals surface area contributed by atoms with Crippen molar-refractivity contribution in [2.75, 3.05) is 7.11 Å². The summed E-state index contributed by atoms with van der Waals surface area (Å²) in [6.07, 6.45) is 4.72. The quantitative estimate of drug-likeness (QED) is 0.796. The van der Waals surface area contributed by atoms with Gasteiger partial charge in [0.05, 0.1) is 18.7 Å². The summed E-state index contributed by atoms with van der Waals surface area (Å²) in [5.41, 5.74) is 2.33. The fourth-order valence-electron chi connectivity index (χ4n) is 2.75. The lowest BCUT2D eigenvalue weighted by molar-refractivity contribution is 0.0390. The number of fused-ring (bicyclic) bond motifs is 1. The summed E-state index contributed by atoms with van der Waals surface area (Å²) in [4.78, 5) is 5.70. The second kappa shape index (κ2) is 4.30. The maximum absolute atomic E-state index is 5.70. The van der Waals surface area contributed by atoms with Crippen molar-refractivity contribution in [2.45, 2.75) is 38.2 Å². The topological polar surface area (TPSA) is 30.8 Å². The summed E-state index contributed by atoms with van der Waals surface area (Å²) in [7, 11) is 1.68. The van der Waals surface area contributed by atoms with Crippen LogP contribution in [0.5, 0.6) is 5.75 Å². The van der Waals surface area contributed by atoms with Gasteiger partial charge in [-0.05, 0) is 37.1 Å². The van der Waals surface area contributed by atoms with Crippen molar-refractivity contribution in [2.24, 2.45) is 11.1 Å². The Morgan fingerprint density at radius 1 is 1.39 bits per heavy atom. The third-order valence-corrected chi connectivity index (χ3v) is 4.02. The Morgan fingerprint density at radius 3 is 2.78 bits per heavy atom. The molecule has 18 heavy (non-hydrogen) atoms. The average Bonchev–Trinajstić information content (AvgIpc) is 3.03. The molecule has 3 nitrogen and oxygen atoms in total. The van der Waals surface area contributed by atoms with Crippen LogP contribution in [0, 0.1) is 5.92 Å². The number of ether oxygens (including phenoxy) is 1. The normalized spacial score (nSPS) is 28.3. The first kappa shape index (κ1) is 11.6. The number of benzene rings is 1. The van der Waals surface area contributed by atoms with Crippen molar-refractivity contribution in [1.29, 1.82) is 0 Å². The Labute approximate surface area is 108 Å². The smallest absolute Gasteiger partial charge is 0.147 e. The van der Waals surface area contributed by atoms with Crippen LogP contribution in [0.2, 0.25) is 0 Å². The molecule has 0 amide bonds. The Balaban J connectivity index is 1.72. The number of nitrogens with zero attached hydrogens (tertiary/aromatic N) is 1. The average molecular weight is 245 g/mol. The third-order valence-electron chi connectivity index (χ3n) is 4.02. The molecule has 3 heteroatoms. The van der Waals surface area contributed by atoms with E-state index in [1.54, 1.807) is 7.11 Å². The summed E-state index contributed by atoms with van der Waals surface area (Å²) in [5.74, 6) is 1.39. The van der Waals surface area contributed by atoms with Gasteiger partial charge in [0.1, 0.15) is 11.4 Å². The molecule has 0 bridgehead atoms. The van der Waals surface area contributed by atoms with Gasteiger partial charge in [-0.3, -0.25) is 0 Å². The van der Waals surface area contributed by atoms with Gasteiger partial charge in [0, 0.05) is 12.0 Å². The largest absolute Gasteiger partial charge is 0.497 e. The maximum atomic E-state index is 5.70. The van der Waals surface area contributed by atoms with Crippen LogP contribution < -0.4 is 4.74 Å². The molecule has 0 saturated heterocycles. The van der Waals surface area contributed by atoms with Crippen LogP contribution in [0.3, 0.4) is 0 Å². The lowest BCUT2D eigenvalue weighted by Crippen LogP contribution is -2.11. The summed E-state index contributed by atoms with van der Waals surface area (Å²) in [6, 6.07) is 8.09. The molecule has 1 fully saturated rings. The monoisotopic (exact) mass is 245 g/mol. The molecule has 0 N–H and O–H groups in total. The SMILES string of the molecule is CCCC[C@@]12C[C@@H]1C(c1ccc(OC)cc1)=NO2. The van der Waals surface area contributed by atoms with Gasteiger partial charge in [0.25, 0.3) is 0 Å². The van der Waals surface area contributed by atoms with Crippen molar-refractivity contribution < 1.29 is 9.57 Å². The number of unbranched alkanes of at least 4 members (excludes halogenated alkanes) is 1. The van der Waals surface area contributed by atoms with E-state index in [4.69, 9.17) is 9.57 Å². The predicted molar refractivity (Wildman–Crippen MR) is 71.0 cm³/mol. The third kappa shape index (κ3) is 1.78. The highest BCUT2D eigenvalue weighted by molar-refractivity contribution is 6.05. The standard InChI is InChI=1S/C15H19NO2/c1-3-4-9-15-10-13(15)14(16-18-15)11-5-7-12(17-2)8-6-11/h5-8,13H,3-4,9-10H2,1-2H3/t13-,15-/m1/s1. The molecule has 1 aromatic rings. The lowest BCUT2D eigenvalue weighted by atomic mass is 10.0. The van der Waals surface area contributed by atoms with Crippen molar-refractivity contribution in [3.63, 3.8) is 0 Å². The van der Waals surface area contributed by atoms with E-state index in [9.17, 15) is 0 Å². The lowest BCUT2D eigenvalue weighted by Gasteiger charge is -2.08. The van der Waals surface area contributed by atoms with Gasteiger partial charge in [-0.1, -0.05) is 18.5 Å². The molecule has 0 aromatic heterocycles. The molecular formula is C15H19NO2. The Hall–Kier alpha value is -1.51. The molecule has 1 aliphatic heterocycles. The molecular weight excluding hydrogens is 226 g/mol. The second-order valence-corrected chi connectivity index (χ2v) is 5.22. The minimum atomic E-state index is 0.0469. The van der Waals surface area contributed by atoms with Gasteiger partial charge in [0.15, 0.2) is 0 Å². The molecule has 0 unspecified atom stereocenters. The summed E-state index contributed by atoms with van der Waals surface area (Å²) in [5, 5.41) is 4.29. The van der Waals surface area contributed by atoms with Crippen LogP contribution in [-0.2, 0) is 4.84 Å². The van der Waals surface area contributed by atoms with Crippen LogP contribution in [0.4, 0.5) is 0 Å². The Bertz CT molecular complexity index is 466. The number of rotatable bonds is 5. The van der Waals surface area contributed by atoms with E-state index in [-0.39, 0.29) is 5.60 Å². The number of hydrogen-bond acceptors (Lipinski definition) is 3. The molecule has 2 aliphatic rings. The van der Waals surface area contributed by atoms with Crippen LogP contribution in [-0.4, -0.2) is 18.4 Å². The Morgan fingerprint density at radius 2 is 2.17 bits per heavy atom. The van der Waals surface area contributed by atoms with Gasteiger partial charge < -0.3 is 9.57 Å². The molecule has 3 rings (SSSR count). The zero-order valence-corrected chi connectivity index (χ0v) is 11.0. The zero-order chi connectivity index (χ0) is 12.6. The molecule has 0 spiro atoms. The molecule has 96 valence electrons. The molecule has 1 aliphatic carbocycles. The van der Waals surface area contributed by atoms with E-state index < -0.39 is 0 Å². The van der Waals surface area contributed by atoms with Crippen molar-refractivity contribution >= 4 is 5.71 Å². The first-order chi connectivity index (χ1) is 8.79. The molecule has 1 saturated carbocycles. The van der Waals surface area contributed by atoms with E-state index in [2.05, 4.69) is 24.2 Å². The van der Waals surface area contributed by atoms with E-state index in [1.807, 2.05) is 12.1 Å². The van der Waals surface area contributed by atoms with E-state index in [0.29, 0.717) is 5.92 Å². The van der Waals surface area contributed by atoms with E-state index in [1.165, 1.54) is 12.8 Å². The van der Waals surface area contributed by atoms with Gasteiger partial charge in [-0.15, -0.1) is 0 Å². The summed E-state index contributed by atoms with van der Waals surface area (Å²) >= 11 is 0. The maximum Gasteiger partial charge on any atom is 0.147 e. The summed E-state index contributed by atoms with van der Waals surface area (Å²) < 4.78 is 5.17. The fraction of sp³-hybridized carbons (Fsp3) is 0.533. The van der Waals surface area contributed by atoms with Crippen molar-refractivity contribution in [1.82, 2.24) is 0 Å². The Kier molecular flexibility index (Phi) is 2.77. The van der Waals surface area contributed by atoms with Crippen LogP contribution in [0.1, 0.15) is 38.2 Å². The predicted octanol–water partition coefficient (Wildman–Crippen LogP) is 3.38. The van der Waals surface area contributed by atoms with Gasteiger partial charge in [0.2, 0.25) is 0 Å². The molecule has 1 heterocycles. The second-order valence-electron chi connectivity index (χ2n) is 5.22. The van der Waals surface area contributed by atoms with Gasteiger partial charge >= 0.3 is 0 Å². The van der Waals surface area contributed by atoms with Gasteiger partial charge in [-0.2, -0.15) is 0 Å². The van der Waals surface area contributed by atoms with Crippen LogP contribution in [0.25, 0.3) is 0 Å². The van der Waals surface area contributed by atoms with Crippen LogP contribution >= 0.6 is 0 Å². The van der Waals surface area contributed by atoms with Gasteiger partial charge in [-0.25, -0.2) is 0 Å². The van der Waals surface area contributed by atoms with Crippen LogP contribution in [0.15, 0.2) is 29.4 Å². The highest BCUT2D eigenvalue weighted by Gasteiger charge is 2.63. The fourth-order valence-corrected chi connectivity index (χ4v) is 2.75. The van der Waals surface area contributed by atoms with Crippen molar-refractivity contribution in [3.8, 4) is 5.75 Å². The zero-order valence-electron chi connectivity index (χ0n) is 11.0.